The third-order valence-electron chi connectivity index (χ3n) is 3.48. The summed E-state index contributed by atoms with van der Waals surface area (Å²) < 4.78 is 11.5. The number of carbonyl (C=O) groups is 1. The highest BCUT2D eigenvalue weighted by molar-refractivity contribution is 5.95. The highest BCUT2D eigenvalue weighted by Crippen LogP contribution is 2.22. The highest BCUT2D eigenvalue weighted by atomic mass is 16.5. The van der Waals surface area contributed by atoms with Crippen LogP contribution in [0.1, 0.15) is 49.2 Å². The first kappa shape index (κ1) is 19.0. The number of carbonyl (C=O) groups excluding carboxylic acids is 1. The van der Waals surface area contributed by atoms with E-state index in [2.05, 4.69) is 5.32 Å². The smallest absolute Gasteiger partial charge is 0.251 e. The van der Waals surface area contributed by atoms with Crippen molar-refractivity contribution in [3.63, 3.8) is 0 Å². The molecular weight excluding hydrogens is 314 g/mol. The summed E-state index contributed by atoms with van der Waals surface area (Å²) in [4.78, 5) is 12.4. The van der Waals surface area contributed by atoms with Crippen LogP contribution in [0.5, 0.6) is 5.75 Å². The van der Waals surface area contributed by atoms with Gasteiger partial charge in [0, 0.05) is 16.7 Å². The Balaban J connectivity index is 2.10. The summed E-state index contributed by atoms with van der Waals surface area (Å²) in [5, 5.41) is 2.98. The molecule has 25 heavy (non-hydrogen) atoms. The van der Waals surface area contributed by atoms with Gasteiger partial charge in [0.1, 0.15) is 5.75 Å². The fourth-order valence-corrected chi connectivity index (χ4v) is 2.40. The van der Waals surface area contributed by atoms with E-state index in [0.717, 1.165) is 16.9 Å². The van der Waals surface area contributed by atoms with Crippen LogP contribution in [0, 0.1) is 0 Å². The number of amides is 1. The second-order valence-electron chi connectivity index (χ2n) is 6.94. The van der Waals surface area contributed by atoms with Gasteiger partial charge in [-0.05, 0) is 51.5 Å². The molecule has 0 bridgehead atoms. The Morgan fingerprint density at radius 2 is 1.76 bits per heavy atom. The van der Waals surface area contributed by atoms with Crippen LogP contribution in [0.4, 0.5) is 0 Å². The van der Waals surface area contributed by atoms with Crippen molar-refractivity contribution in [1.29, 1.82) is 0 Å². The first-order chi connectivity index (χ1) is 11.9. The Bertz CT molecular complexity index is 690. The van der Waals surface area contributed by atoms with E-state index in [4.69, 9.17) is 9.47 Å². The maximum atomic E-state index is 12.4. The number of ether oxygens (including phenoxy) is 2. The number of rotatable bonds is 7. The molecule has 0 fully saturated rings. The summed E-state index contributed by atoms with van der Waals surface area (Å²) in [5.74, 6) is 0.655. The fraction of sp³-hybridized carbons (Fsp3) is 0.381. The van der Waals surface area contributed by atoms with Crippen LogP contribution in [0.25, 0.3) is 0 Å². The molecule has 2 rings (SSSR count). The SMILES string of the molecule is CCOc1ccc(C(=O)NC(C)(C)C)cc1COCc1ccccc1. The molecule has 0 aliphatic rings. The summed E-state index contributed by atoms with van der Waals surface area (Å²) in [6.07, 6.45) is 0. The van der Waals surface area contributed by atoms with Gasteiger partial charge in [-0.2, -0.15) is 0 Å². The molecule has 1 N–H and O–H groups in total. The quantitative estimate of drug-likeness (QED) is 0.815. The zero-order chi connectivity index (χ0) is 18.3. The van der Waals surface area contributed by atoms with Gasteiger partial charge < -0.3 is 14.8 Å². The summed E-state index contributed by atoms with van der Waals surface area (Å²) in [7, 11) is 0. The van der Waals surface area contributed by atoms with Gasteiger partial charge in [-0.25, -0.2) is 0 Å². The monoisotopic (exact) mass is 341 g/mol. The van der Waals surface area contributed by atoms with Crippen molar-refractivity contribution < 1.29 is 14.3 Å². The van der Waals surface area contributed by atoms with Crippen molar-refractivity contribution in [3.05, 3.63) is 65.2 Å². The molecular formula is C21H27NO3. The van der Waals surface area contributed by atoms with E-state index in [9.17, 15) is 4.79 Å². The van der Waals surface area contributed by atoms with Gasteiger partial charge in [0.05, 0.1) is 19.8 Å². The fourth-order valence-electron chi connectivity index (χ4n) is 2.40. The minimum Gasteiger partial charge on any atom is -0.494 e. The largest absolute Gasteiger partial charge is 0.494 e. The summed E-state index contributed by atoms with van der Waals surface area (Å²) in [6.45, 7) is 9.30. The van der Waals surface area contributed by atoms with Gasteiger partial charge in [0.2, 0.25) is 0 Å². The molecule has 2 aromatic carbocycles. The van der Waals surface area contributed by atoms with Crippen LogP contribution in [0.15, 0.2) is 48.5 Å². The molecule has 4 heteroatoms. The van der Waals surface area contributed by atoms with E-state index in [1.807, 2.05) is 70.2 Å². The molecule has 0 saturated heterocycles. The van der Waals surface area contributed by atoms with Gasteiger partial charge in [-0.15, -0.1) is 0 Å². The van der Waals surface area contributed by atoms with E-state index in [1.54, 1.807) is 6.07 Å². The number of nitrogens with one attached hydrogen (secondary N) is 1. The second-order valence-corrected chi connectivity index (χ2v) is 6.94. The molecule has 0 aliphatic heterocycles. The van der Waals surface area contributed by atoms with Crippen LogP contribution < -0.4 is 10.1 Å². The van der Waals surface area contributed by atoms with E-state index in [-0.39, 0.29) is 11.4 Å². The highest BCUT2D eigenvalue weighted by Gasteiger charge is 2.17. The Hall–Kier alpha value is -2.33. The molecule has 0 saturated carbocycles. The first-order valence-corrected chi connectivity index (χ1v) is 8.59. The summed E-state index contributed by atoms with van der Waals surface area (Å²) in [5.41, 5.74) is 2.32. The normalized spacial score (nSPS) is 11.2. The Kier molecular flexibility index (Phi) is 6.59. The number of hydrogen-bond donors (Lipinski definition) is 1. The molecule has 0 atom stereocenters. The van der Waals surface area contributed by atoms with Crippen molar-refractivity contribution in [3.8, 4) is 5.75 Å². The van der Waals surface area contributed by atoms with E-state index in [1.165, 1.54) is 0 Å². The predicted molar refractivity (Wildman–Crippen MR) is 99.8 cm³/mol. The van der Waals surface area contributed by atoms with Gasteiger partial charge >= 0.3 is 0 Å². The molecule has 0 unspecified atom stereocenters. The Morgan fingerprint density at radius 1 is 1.04 bits per heavy atom. The summed E-state index contributed by atoms with van der Waals surface area (Å²) >= 11 is 0. The van der Waals surface area contributed by atoms with E-state index in [0.29, 0.717) is 25.4 Å². The van der Waals surface area contributed by atoms with Crippen molar-refractivity contribution in [2.75, 3.05) is 6.61 Å². The molecule has 0 radical (unpaired) electrons. The minimum atomic E-state index is -0.278. The molecule has 0 spiro atoms. The van der Waals surface area contributed by atoms with Crippen molar-refractivity contribution >= 4 is 5.91 Å². The molecule has 0 aromatic heterocycles. The zero-order valence-corrected chi connectivity index (χ0v) is 15.5. The van der Waals surface area contributed by atoms with E-state index >= 15 is 0 Å². The van der Waals surface area contributed by atoms with Crippen LogP contribution in [0.3, 0.4) is 0 Å². The first-order valence-electron chi connectivity index (χ1n) is 8.59. The van der Waals surface area contributed by atoms with Crippen LogP contribution >= 0.6 is 0 Å². The lowest BCUT2D eigenvalue weighted by Crippen LogP contribution is -2.40. The lowest BCUT2D eigenvalue weighted by molar-refractivity contribution is 0.0917. The average molecular weight is 341 g/mol. The minimum absolute atomic E-state index is 0.0974. The topological polar surface area (TPSA) is 47.6 Å². The molecule has 0 heterocycles. The van der Waals surface area contributed by atoms with Gasteiger partial charge in [0.15, 0.2) is 0 Å². The lowest BCUT2D eigenvalue weighted by Gasteiger charge is -2.21. The Labute approximate surface area is 150 Å². The molecule has 134 valence electrons. The third kappa shape index (κ3) is 6.24. The molecule has 0 aliphatic carbocycles. The lowest BCUT2D eigenvalue weighted by atomic mass is 10.1. The summed E-state index contributed by atoms with van der Waals surface area (Å²) in [6, 6.07) is 15.5. The van der Waals surface area contributed by atoms with Gasteiger partial charge in [-0.1, -0.05) is 30.3 Å². The standard InChI is InChI=1S/C21H27NO3/c1-5-25-19-12-11-17(20(23)22-21(2,3)4)13-18(19)15-24-14-16-9-7-6-8-10-16/h6-13H,5,14-15H2,1-4H3,(H,22,23). The van der Waals surface area contributed by atoms with E-state index < -0.39 is 0 Å². The van der Waals surface area contributed by atoms with Crippen LogP contribution in [0.2, 0.25) is 0 Å². The van der Waals surface area contributed by atoms with Crippen molar-refractivity contribution in [1.82, 2.24) is 5.32 Å². The van der Waals surface area contributed by atoms with Crippen molar-refractivity contribution in [2.45, 2.75) is 46.4 Å². The molecule has 2 aromatic rings. The number of hydrogen-bond acceptors (Lipinski definition) is 3. The van der Waals surface area contributed by atoms with Crippen molar-refractivity contribution in [2.24, 2.45) is 0 Å². The second kappa shape index (κ2) is 8.67. The van der Waals surface area contributed by atoms with Crippen LogP contribution in [-0.2, 0) is 18.0 Å². The maximum Gasteiger partial charge on any atom is 0.251 e. The zero-order valence-electron chi connectivity index (χ0n) is 15.5. The third-order valence-corrected chi connectivity index (χ3v) is 3.48. The van der Waals surface area contributed by atoms with Gasteiger partial charge in [-0.3, -0.25) is 4.79 Å². The average Bonchev–Trinajstić information content (AvgIpc) is 2.56. The van der Waals surface area contributed by atoms with Crippen LogP contribution in [-0.4, -0.2) is 18.1 Å². The van der Waals surface area contributed by atoms with Gasteiger partial charge in [0.25, 0.3) is 5.91 Å². The maximum absolute atomic E-state index is 12.4. The Morgan fingerprint density at radius 3 is 2.40 bits per heavy atom. The molecule has 4 nitrogen and oxygen atoms in total. The molecule has 1 amide bonds. The predicted octanol–water partition coefficient (Wildman–Crippen LogP) is 4.33. The number of benzene rings is 2.